The highest BCUT2D eigenvalue weighted by Gasteiger charge is 2.21. The number of para-hydroxylation sites is 1. The molecule has 0 radical (unpaired) electrons. The number of hydrogen-bond acceptors (Lipinski definition) is 3. The quantitative estimate of drug-likeness (QED) is 0.826. The van der Waals surface area contributed by atoms with Gasteiger partial charge in [0.15, 0.2) is 0 Å². The summed E-state index contributed by atoms with van der Waals surface area (Å²) in [6.07, 6.45) is 3.82. The van der Waals surface area contributed by atoms with Crippen molar-refractivity contribution in [1.82, 2.24) is 9.97 Å². The van der Waals surface area contributed by atoms with Crippen LogP contribution in [0.1, 0.15) is 22.6 Å². The van der Waals surface area contributed by atoms with Crippen LogP contribution in [0, 0.1) is 19.8 Å². The second-order valence-corrected chi connectivity index (χ2v) is 5.24. The molecule has 0 saturated heterocycles. The molecule has 1 atom stereocenters. The lowest BCUT2D eigenvalue weighted by atomic mass is 9.92. The minimum atomic E-state index is 0.490. The first-order valence-corrected chi connectivity index (χ1v) is 6.72. The molecule has 0 aliphatic carbocycles. The molecule has 19 heavy (non-hydrogen) atoms. The van der Waals surface area contributed by atoms with E-state index in [0.29, 0.717) is 5.92 Å². The molecule has 0 amide bonds. The first kappa shape index (κ1) is 12.2. The van der Waals surface area contributed by atoms with Crippen LogP contribution in [-0.2, 0) is 12.8 Å². The average molecular weight is 254 g/mol. The van der Waals surface area contributed by atoms with Gasteiger partial charge in [-0.2, -0.15) is 0 Å². The van der Waals surface area contributed by atoms with E-state index in [0.717, 1.165) is 42.3 Å². The minimum Gasteiger partial charge on any atom is -0.493 e. The maximum atomic E-state index is 5.83. The SMILES string of the molecule is Cc1cnc(C)c(CC2COc3ccccc3C2)n1. The number of aromatic nitrogens is 2. The molecule has 3 nitrogen and oxygen atoms in total. The van der Waals surface area contributed by atoms with Crippen molar-refractivity contribution in [2.24, 2.45) is 5.92 Å². The Morgan fingerprint density at radius 1 is 1.26 bits per heavy atom. The summed E-state index contributed by atoms with van der Waals surface area (Å²) in [4.78, 5) is 8.99. The Balaban J connectivity index is 1.77. The summed E-state index contributed by atoms with van der Waals surface area (Å²) in [6, 6.07) is 8.29. The largest absolute Gasteiger partial charge is 0.493 e. The fourth-order valence-electron chi connectivity index (χ4n) is 2.58. The van der Waals surface area contributed by atoms with Crippen LogP contribution in [-0.4, -0.2) is 16.6 Å². The Morgan fingerprint density at radius 3 is 3.00 bits per heavy atom. The molecule has 1 unspecified atom stereocenters. The molecule has 3 heteroatoms. The molecular formula is C16H18N2O. The third-order valence-electron chi connectivity index (χ3n) is 3.61. The van der Waals surface area contributed by atoms with Crippen molar-refractivity contribution in [2.75, 3.05) is 6.61 Å². The van der Waals surface area contributed by atoms with E-state index < -0.39 is 0 Å². The molecule has 1 aromatic heterocycles. The number of benzene rings is 1. The van der Waals surface area contributed by atoms with E-state index in [1.807, 2.05) is 32.2 Å². The van der Waals surface area contributed by atoms with Gasteiger partial charge in [-0.15, -0.1) is 0 Å². The van der Waals surface area contributed by atoms with Gasteiger partial charge in [-0.25, -0.2) is 0 Å². The molecular weight excluding hydrogens is 236 g/mol. The summed E-state index contributed by atoms with van der Waals surface area (Å²) in [7, 11) is 0. The van der Waals surface area contributed by atoms with Gasteiger partial charge in [0, 0.05) is 12.1 Å². The fourth-order valence-corrected chi connectivity index (χ4v) is 2.58. The van der Waals surface area contributed by atoms with Gasteiger partial charge in [-0.1, -0.05) is 18.2 Å². The zero-order valence-electron chi connectivity index (χ0n) is 11.4. The van der Waals surface area contributed by atoms with Crippen molar-refractivity contribution < 1.29 is 4.74 Å². The molecule has 0 N–H and O–H groups in total. The van der Waals surface area contributed by atoms with Gasteiger partial charge in [-0.3, -0.25) is 9.97 Å². The van der Waals surface area contributed by atoms with Gasteiger partial charge in [-0.05, 0) is 38.3 Å². The number of ether oxygens (including phenoxy) is 1. The molecule has 0 fully saturated rings. The van der Waals surface area contributed by atoms with Gasteiger partial charge < -0.3 is 4.74 Å². The highest BCUT2D eigenvalue weighted by atomic mass is 16.5. The standard InChI is InChI=1S/C16H18N2O/c1-11-9-17-12(2)15(18-11)8-13-7-14-5-3-4-6-16(14)19-10-13/h3-6,9,13H,7-8,10H2,1-2H3. The van der Waals surface area contributed by atoms with Crippen molar-refractivity contribution in [3.05, 3.63) is 53.1 Å². The van der Waals surface area contributed by atoms with Crippen molar-refractivity contribution in [3.8, 4) is 5.75 Å². The number of nitrogens with zero attached hydrogens (tertiary/aromatic N) is 2. The maximum Gasteiger partial charge on any atom is 0.122 e. The average Bonchev–Trinajstić information content (AvgIpc) is 2.43. The molecule has 98 valence electrons. The van der Waals surface area contributed by atoms with Gasteiger partial charge in [0.25, 0.3) is 0 Å². The molecule has 0 bridgehead atoms. The minimum absolute atomic E-state index is 0.490. The number of fused-ring (bicyclic) bond motifs is 1. The summed E-state index contributed by atoms with van der Waals surface area (Å²) in [5, 5.41) is 0. The summed E-state index contributed by atoms with van der Waals surface area (Å²) < 4.78 is 5.83. The third-order valence-corrected chi connectivity index (χ3v) is 3.61. The normalized spacial score (nSPS) is 17.7. The maximum absolute atomic E-state index is 5.83. The van der Waals surface area contributed by atoms with E-state index in [2.05, 4.69) is 22.1 Å². The van der Waals surface area contributed by atoms with Gasteiger partial charge in [0.2, 0.25) is 0 Å². The Hall–Kier alpha value is -1.90. The number of aryl methyl sites for hydroxylation is 2. The number of rotatable bonds is 2. The topological polar surface area (TPSA) is 35.0 Å². The third kappa shape index (κ3) is 2.60. The Bertz CT molecular complexity index is 595. The van der Waals surface area contributed by atoms with Crippen LogP contribution < -0.4 is 4.74 Å². The molecule has 2 heterocycles. The molecule has 1 aromatic carbocycles. The first-order valence-electron chi connectivity index (χ1n) is 6.72. The summed E-state index contributed by atoms with van der Waals surface area (Å²) in [5.41, 5.74) is 4.42. The van der Waals surface area contributed by atoms with E-state index in [-0.39, 0.29) is 0 Å². The van der Waals surface area contributed by atoms with E-state index in [1.165, 1.54) is 5.56 Å². The lowest BCUT2D eigenvalue weighted by Gasteiger charge is -2.25. The predicted molar refractivity (Wildman–Crippen MR) is 74.3 cm³/mol. The summed E-state index contributed by atoms with van der Waals surface area (Å²) in [6.45, 7) is 4.79. The van der Waals surface area contributed by atoms with Crippen LogP contribution in [0.5, 0.6) is 5.75 Å². The van der Waals surface area contributed by atoms with Gasteiger partial charge in [0.1, 0.15) is 5.75 Å². The van der Waals surface area contributed by atoms with Crippen LogP contribution in [0.15, 0.2) is 30.5 Å². The number of hydrogen-bond donors (Lipinski definition) is 0. The van der Waals surface area contributed by atoms with Crippen LogP contribution in [0.25, 0.3) is 0 Å². The monoisotopic (exact) mass is 254 g/mol. The van der Waals surface area contributed by atoms with Crippen LogP contribution in [0.3, 0.4) is 0 Å². The van der Waals surface area contributed by atoms with E-state index in [1.54, 1.807) is 0 Å². The second kappa shape index (κ2) is 5.00. The zero-order chi connectivity index (χ0) is 13.2. The predicted octanol–water partition coefficient (Wildman–Crippen LogP) is 2.89. The smallest absolute Gasteiger partial charge is 0.122 e. The lowest BCUT2D eigenvalue weighted by Crippen LogP contribution is -2.23. The van der Waals surface area contributed by atoms with Crippen LogP contribution in [0.4, 0.5) is 0 Å². The van der Waals surface area contributed by atoms with Gasteiger partial charge in [0.05, 0.1) is 23.7 Å². The Labute approximate surface area is 113 Å². The molecule has 1 aliphatic heterocycles. The fraction of sp³-hybridized carbons (Fsp3) is 0.375. The Morgan fingerprint density at radius 2 is 2.11 bits per heavy atom. The van der Waals surface area contributed by atoms with Crippen LogP contribution >= 0.6 is 0 Å². The highest BCUT2D eigenvalue weighted by Crippen LogP contribution is 2.28. The summed E-state index contributed by atoms with van der Waals surface area (Å²) in [5.74, 6) is 1.52. The molecule has 0 spiro atoms. The molecule has 1 aliphatic rings. The van der Waals surface area contributed by atoms with Gasteiger partial charge >= 0.3 is 0 Å². The zero-order valence-corrected chi connectivity index (χ0v) is 11.4. The molecule has 3 rings (SSSR count). The van der Waals surface area contributed by atoms with E-state index in [9.17, 15) is 0 Å². The first-order chi connectivity index (χ1) is 9.22. The van der Waals surface area contributed by atoms with Crippen molar-refractivity contribution in [3.63, 3.8) is 0 Å². The molecule has 2 aromatic rings. The Kier molecular flexibility index (Phi) is 3.20. The molecule has 0 saturated carbocycles. The second-order valence-electron chi connectivity index (χ2n) is 5.24. The van der Waals surface area contributed by atoms with Crippen molar-refractivity contribution in [1.29, 1.82) is 0 Å². The van der Waals surface area contributed by atoms with E-state index >= 15 is 0 Å². The van der Waals surface area contributed by atoms with Crippen molar-refractivity contribution in [2.45, 2.75) is 26.7 Å². The van der Waals surface area contributed by atoms with E-state index in [4.69, 9.17) is 4.74 Å². The van der Waals surface area contributed by atoms with Crippen molar-refractivity contribution >= 4 is 0 Å². The van der Waals surface area contributed by atoms with Crippen LogP contribution in [0.2, 0.25) is 0 Å². The lowest BCUT2D eigenvalue weighted by molar-refractivity contribution is 0.220. The highest BCUT2D eigenvalue weighted by molar-refractivity contribution is 5.35. The summed E-state index contributed by atoms with van der Waals surface area (Å²) >= 11 is 0.